The van der Waals surface area contributed by atoms with Gasteiger partial charge in [0, 0.05) is 74.7 Å². The number of carbonyl (C=O) groups excluding carboxylic acids is 1. The molecular weight excluding hydrogens is 454 g/mol. The molecule has 0 unspecified atom stereocenters. The van der Waals surface area contributed by atoms with Gasteiger partial charge in [-0.05, 0) is 48.5 Å². The van der Waals surface area contributed by atoms with Crippen molar-refractivity contribution in [2.75, 3.05) is 52.2 Å². The fourth-order valence-electron chi connectivity index (χ4n) is 4.66. The maximum atomic E-state index is 12.2. The third-order valence-electron chi connectivity index (χ3n) is 6.78. The highest BCUT2D eigenvalue weighted by molar-refractivity contribution is 5.99. The maximum Gasteiger partial charge on any atom is 0.337 e. The molecule has 3 heterocycles. The number of anilines is 1. The molecule has 2 aromatic heterocycles. The van der Waals surface area contributed by atoms with E-state index in [0.29, 0.717) is 11.1 Å². The van der Waals surface area contributed by atoms with Gasteiger partial charge in [-0.3, -0.25) is 4.79 Å². The van der Waals surface area contributed by atoms with E-state index >= 15 is 0 Å². The summed E-state index contributed by atoms with van der Waals surface area (Å²) < 4.78 is 0. The number of rotatable bonds is 5. The van der Waals surface area contributed by atoms with Crippen LogP contribution in [0.1, 0.15) is 20.7 Å². The van der Waals surface area contributed by atoms with Crippen LogP contribution < -0.4 is 4.90 Å². The number of likely N-dealkylation sites (N-methyl/N-ethyl adjacent to an activating group) is 1. The zero-order chi connectivity index (χ0) is 25.4. The summed E-state index contributed by atoms with van der Waals surface area (Å²) in [5, 5.41) is 10.9. The van der Waals surface area contributed by atoms with Gasteiger partial charge < -0.3 is 24.8 Å². The lowest BCUT2D eigenvalue weighted by Gasteiger charge is -2.34. The monoisotopic (exact) mass is 483 g/mol. The van der Waals surface area contributed by atoms with Gasteiger partial charge in [0.25, 0.3) is 5.91 Å². The number of benzene rings is 2. The van der Waals surface area contributed by atoms with Crippen LogP contribution in [0.2, 0.25) is 0 Å². The van der Waals surface area contributed by atoms with Crippen LogP contribution in [0.25, 0.3) is 33.3 Å². The maximum absolute atomic E-state index is 12.2. The number of pyridine rings is 1. The highest BCUT2D eigenvalue weighted by atomic mass is 16.4. The Labute approximate surface area is 209 Å². The molecule has 5 rings (SSSR count). The molecule has 8 nitrogen and oxygen atoms in total. The van der Waals surface area contributed by atoms with Crippen LogP contribution in [0.5, 0.6) is 0 Å². The molecule has 1 aliphatic rings. The molecule has 8 heteroatoms. The van der Waals surface area contributed by atoms with Crippen LogP contribution in [0, 0.1) is 0 Å². The van der Waals surface area contributed by atoms with Crippen LogP contribution in [0.15, 0.2) is 60.9 Å². The number of aromatic carboxylic acids is 1. The standard InChI is InChI=1S/C28H29N5O3/c1-31(2)27(34)19-6-4-18(5-7-19)24-17-30-26-22(24)15-21(16-29-26)20-8-9-25(23(14-20)28(35)36)33-12-10-32(3)11-13-33/h4-9,14-17H,10-13H2,1-3H3,(H,29,30)(H,35,36). The largest absolute Gasteiger partial charge is 0.478 e. The minimum Gasteiger partial charge on any atom is -0.478 e. The number of nitrogens with zero attached hydrogens (tertiary/aromatic N) is 4. The summed E-state index contributed by atoms with van der Waals surface area (Å²) in [5.74, 6) is -0.979. The topological polar surface area (TPSA) is 92.8 Å². The summed E-state index contributed by atoms with van der Waals surface area (Å²) in [7, 11) is 5.54. The first kappa shape index (κ1) is 23.6. The normalized spacial score (nSPS) is 14.2. The average Bonchev–Trinajstić information content (AvgIpc) is 3.31. The molecular formula is C28H29N5O3. The molecule has 0 radical (unpaired) electrons. The minimum atomic E-state index is -0.936. The predicted molar refractivity (Wildman–Crippen MR) is 142 cm³/mol. The lowest BCUT2D eigenvalue weighted by Crippen LogP contribution is -2.45. The molecule has 2 aromatic carbocycles. The molecule has 2 N–H and O–H groups in total. The number of amides is 1. The zero-order valence-electron chi connectivity index (χ0n) is 20.7. The smallest absolute Gasteiger partial charge is 0.337 e. The van der Waals surface area contributed by atoms with Crippen LogP contribution in [-0.2, 0) is 0 Å². The Morgan fingerprint density at radius 2 is 1.64 bits per heavy atom. The second-order valence-electron chi connectivity index (χ2n) is 9.43. The van der Waals surface area contributed by atoms with Gasteiger partial charge in [0.2, 0.25) is 0 Å². The van der Waals surface area contributed by atoms with Crippen LogP contribution >= 0.6 is 0 Å². The molecule has 184 valence electrons. The lowest BCUT2D eigenvalue weighted by molar-refractivity contribution is 0.0697. The molecule has 4 aromatic rings. The van der Waals surface area contributed by atoms with Gasteiger partial charge in [-0.1, -0.05) is 18.2 Å². The molecule has 0 spiro atoms. The molecule has 0 aliphatic carbocycles. The number of H-pyrrole nitrogens is 1. The van der Waals surface area contributed by atoms with Gasteiger partial charge in [0.1, 0.15) is 5.65 Å². The van der Waals surface area contributed by atoms with E-state index in [2.05, 4.69) is 26.8 Å². The summed E-state index contributed by atoms with van der Waals surface area (Å²) in [5.41, 5.74) is 6.01. The number of fused-ring (bicyclic) bond motifs is 1. The van der Waals surface area contributed by atoms with Crippen molar-refractivity contribution in [1.29, 1.82) is 0 Å². The van der Waals surface area contributed by atoms with E-state index < -0.39 is 5.97 Å². The first-order valence-corrected chi connectivity index (χ1v) is 11.9. The number of carboxylic acid groups (broad SMARTS) is 1. The van der Waals surface area contributed by atoms with Gasteiger partial charge in [-0.25, -0.2) is 9.78 Å². The highest BCUT2D eigenvalue weighted by Gasteiger charge is 2.21. The molecule has 36 heavy (non-hydrogen) atoms. The SMILES string of the molecule is CN1CCN(c2ccc(-c3cnc4[nH]cc(-c5ccc(C(=O)N(C)C)cc5)c4c3)cc2C(=O)O)CC1. The molecule has 1 aliphatic heterocycles. The van der Waals surface area contributed by atoms with Crippen molar-refractivity contribution in [3.05, 3.63) is 72.1 Å². The third-order valence-corrected chi connectivity index (χ3v) is 6.78. The van der Waals surface area contributed by atoms with Gasteiger partial charge in [0.05, 0.1) is 11.3 Å². The van der Waals surface area contributed by atoms with Crippen LogP contribution in [0.4, 0.5) is 5.69 Å². The number of carboxylic acids is 1. The quantitative estimate of drug-likeness (QED) is 0.445. The van der Waals surface area contributed by atoms with Crippen molar-refractivity contribution in [3.63, 3.8) is 0 Å². The number of hydrogen-bond donors (Lipinski definition) is 2. The second kappa shape index (κ2) is 9.47. The summed E-state index contributed by atoms with van der Waals surface area (Å²) >= 11 is 0. The van der Waals surface area contributed by atoms with Gasteiger partial charge in [-0.15, -0.1) is 0 Å². The van der Waals surface area contributed by atoms with E-state index in [4.69, 9.17) is 0 Å². The number of carbonyl (C=O) groups is 2. The predicted octanol–water partition coefficient (Wildman–Crippen LogP) is 4.05. The zero-order valence-corrected chi connectivity index (χ0v) is 20.7. The Balaban J connectivity index is 1.50. The van der Waals surface area contributed by atoms with Crippen molar-refractivity contribution in [1.82, 2.24) is 19.8 Å². The fourth-order valence-corrected chi connectivity index (χ4v) is 4.66. The number of aromatic amines is 1. The molecule has 0 saturated carbocycles. The number of aromatic nitrogens is 2. The van der Waals surface area contributed by atoms with E-state index in [9.17, 15) is 14.7 Å². The summed E-state index contributed by atoms with van der Waals surface area (Å²) in [4.78, 5) is 38.1. The third kappa shape index (κ3) is 4.43. The lowest BCUT2D eigenvalue weighted by atomic mass is 9.99. The Morgan fingerprint density at radius 1 is 0.944 bits per heavy atom. The summed E-state index contributed by atoms with van der Waals surface area (Å²) in [6.45, 7) is 3.41. The minimum absolute atomic E-state index is 0.0429. The van der Waals surface area contributed by atoms with Gasteiger partial charge in [0.15, 0.2) is 0 Å². The van der Waals surface area contributed by atoms with E-state index in [0.717, 1.165) is 65.2 Å². The number of hydrogen-bond acceptors (Lipinski definition) is 5. The van der Waals surface area contributed by atoms with Gasteiger partial charge >= 0.3 is 5.97 Å². The molecule has 1 fully saturated rings. The Bertz CT molecular complexity index is 1430. The molecule has 1 amide bonds. The summed E-state index contributed by atoms with van der Waals surface area (Å²) in [6.07, 6.45) is 3.67. The summed E-state index contributed by atoms with van der Waals surface area (Å²) in [6, 6.07) is 15.2. The second-order valence-corrected chi connectivity index (χ2v) is 9.43. The first-order chi connectivity index (χ1) is 17.3. The average molecular weight is 484 g/mol. The van der Waals surface area contributed by atoms with Crippen LogP contribution in [0.3, 0.4) is 0 Å². The van der Waals surface area contributed by atoms with Crippen molar-refractivity contribution < 1.29 is 14.7 Å². The number of nitrogens with one attached hydrogen (secondary N) is 1. The first-order valence-electron chi connectivity index (χ1n) is 11.9. The Kier molecular flexibility index (Phi) is 6.20. The Morgan fingerprint density at radius 3 is 2.31 bits per heavy atom. The van der Waals surface area contributed by atoms with Gasteiger partial charge in [-0.2, -0.15) is 0 Å². The van der Waals surface area contributed by atoms with Crippen molar-refractivity contribution in [2.45, 2.75) is 0 Å². The molecule has 0 atom stereocenters. The van der Waals surface area contributed by atoms with Crippen molar-refractivity contribution in [3.8, 4) is 22.3 Å². The van der Waals surface area contributed by atoms with E-state index in [1.165, 1.54) is 0 Å². The van der Waals surface area contributed by atoms with Crippen LogP contribution in [-0.4, -0.2) is 84.1 Å². The van der Waals surface area contributed by atoms with Crippen molar-refractivity contribution >= 4 is 28.6 Å². The van der Waals surface area contributed by atoms with E-state index in [1.807, 2.05) is 48.7 Å². The molecule has 1 saturated heterocycles. The van der Waals surface area contributed by atoms with Crippen molar-refractivity contribution in [2.24, 2.45) is 0 Å². The van der Waals surface area contributed by atoms with E-state index in [-0.39, 0.29) is 5.91 Å². The highest BCUT2D eigenvalue weighted by Crippen LogP contribution is 2.33. The van der Waals surface area contributed by atoms with E-state index in [1.54, 1.807) is 31.3 Å². The number of piperazine rings is 1. The fraction of sp³-hybridized carbons (Fsp3) is 0.250. The Hall–Kier alpha value is -4.17. The molecule has 0 bridgehead atoms.